The summed E-state index contributed by atoms with van der Waals surface area (Å²) >= 11 is 0. The van der Waals surface area contributed by atoms with Crippen molar-refractivity contribution in [3.8, 4) is 0 Å². The SMILES string of the molecule is Cc1cc(CC(=O)NCCc2c[nH]c3ccccc23)no1. The molecule has 2 N–H and O–H groups in total. The van der Waals surface area contributed by atoms with Crippen LogP contribution in [-0.2, 0) is 17.6 Å². The minimum absolute atomic E-state index is 0.0388. The first-order chi connectivity index (χ1) is 10.2. The summed E-state index contributed by atoms with van der Waals surface area (Å²) in [5.74, 6) is 0.680. The Kier molecular flexibility index (Phi) is 3.73. The average molecular weight is 283 g/mol. The maximum Gasteiger partial charge on any atom is 0.226 e. The number of nitrogens with zero attached hydrogens (tertiary/aromatic N) is 1. The fourth-order valence-corrected chi connectivity index (χ4v) is 2.40. The summed E-state index contributed by atoms with van der Waals surface area (Å²) in [4.78, 5) is 15.0. The predicted molar refractivity (Wildman–Crippen MR) is 80.0 cm³/mol. The Labute approximate surface area is 122 Å². The summed E-state index contributed by atoms with van der Waals surface area (Å²) in [6.07, 6.45) is 3.05. The van der Waals surface area contributed by atoms with Crippen molar-refractivity contribution in [1.82, 2.24) is 15.5 Å². The lowest BCUT2D eigenvalue weighted by Gasteiger charge is -2.03. The molecule has 0 unspecified atom stereocenters. The van der Waals surface area contributed by atoms with Crippen molar-refractivity contribution in [3.63, 3.8) is 0 Å². The van der Waals surface area contributed by atoms with Gasteiger partial charge in [0.1, 0.15) is 5.76 Å². The Morgan fingerprint density at radius 1 is 1.38 bits per heavy atom. The Bertz CT molecular complexity index is 758. The van der Waals surface area contributed by atoms with Crippen LogP contribution in [0.2, 0.25) is 0 Å². The highest BCUT2D eigenvalue weighted by Crippen LogP contribution is 2.17. The van der Waals surface area contributed by atoms with Crippen molar-refractivity contribution in [1.29, 1.82) is 0 Å². The van der Waals surface area contributed by atoms with Gasteiger partial charge in [-0.1, -0.05) is 23.4 Å². The number of carbonyl (C=O) groups excluding carboxylic acids is 1. The van der Waals surface area contributed by atoms with E-state index in [1.807, 2.05) is 31.3 Å². The van der Waals surface area contributed by atoms with Crippen LogP contribution in [-0.4, -0.2) is 22.6 Å². The molecule has 3 aromatic rings. The molecule has 0 fully saturated rings. The molecule has 0 saturated carbocycles. The molecule has 1 amide bonds. The van der Waals surface area contributed by atoms with Gasteiger partial charge in [0.2, 0.25) is 5.91 Å². The second-order valence-electron chi connectivity index (χ2n) is 5.07. The van der Waals surface area contributed by atoms with Crippen LogP contribution in [0.5, 0.6) is 0 Å². The van der Waals surface area contributed by atoms with Gasteiger partial charge in [0.25, 0.3) is 0 Å². The largest absolute Gasteiger partial charge is 0.361 e. The molecule has 5 nitrogen and oxygen atoms in total. The summed E-state index contributed by atoms with van der Waals surface area (Å²) in [5, 5.41) is 7.93. The number of H-pyrrole nitrogens is 1. The summed E-state index contributed by atoms with van der Waals surface area (Å²) < 4.78 is 4.94. The van der Waals surface area contributed by atoms with Gasteiger partial charge < -0.3 is 14.8 Å². The van der Waals surface area contributed by atoms with Gasteiger partial charge in [-0.2, -0.15) is 0 Å². The van der Waals surface area contributed by atoms with Crippen LogP contribution in [0.3, 0.4) is 0 Å². The van der Waals surface area contributed by atoms with E-state index in [9.17, 15) is 4.79 Å². The summed E-state index contributed by atoms with van der Waals surface area (Å²) in [5.41, 5.74) is 3.00. The van der Waals surface area contributed by atoms with E-state index in [4.69, 9.17) is 4.52 Å². The number of hydrogen-bond acceptors (Lipinski definition) is 3. The molecule has 2 aromatic heterocycles. The second kappa shape index (κ2) is 5.83. The van der Waals surface area contributed by atoms with Crippen LogP contribution in [0.4, 0.5) is 0 Å². The molecule has 108 valence electrons. The van der Waals surface area contributed by atoms with E-state index in [1.54, 1.807) is 6.07 Å². The van der Waals surface area contributed by atoms with Gasteiger partial charge in [-0.25, -0.2) is 0 Å². The van der Waals surface area contributed by atoms with Crippen LogP contribution < -0.4 is 5.32 Å². The molecule has 2 heterocycles. The van der Waals surface area contributed by atoms with Crippen molar-refractivity contribution in [3.05, 3.63) is 53.5 Å². The number of aromatic nitrogens is 2. The van der Waals surface area contributed by atoms with Crippen LogP contribution in [0.1, 0.15) is 17.0 Å². The quantitative estimate of drug-likeness (QED) is 0.755. The number of para-hydroxylation sites is 1. The van der Waals surface area contributed by atoms with Crippen molar-refractivity contribution in [2.24, 2.45) is 0 Å². The average Bonchev–Trinajstić information content (AvgIpc) is 3.06. The van der Waals surface area contributed by atoms with Crippen molar-refractivity contribution in [2.75, 3.05) is 6.54 Å². The highest BCUT2D eigenvalue weighted by Gasteiger charge is 2.08. The number of fused-ring (bicyclic) bond motifs is 1. The standard InChI is InChI=1S/C16H17N3O2/c1-11-8-13(19-21-11)9-16(20)17-7-6-12-10-18-15-5-3-2-4-14(12)15/h2-5,8,10,18H,6-7,9H2,1H3,(H,17,20). The molecule has 5 heteroatoms. The van der Waals surface area contributed by atoms with Crippen LogP contribution >= 0.6 is 0 Å². The number of hydrogen-bond donors (Lipinski definition) is 2. The van der Waals surface area contributed by atoms with Gasteiger partial charge in [-0.3, -0.25) is 4.79 Å². The number of amides is 1. The number of aryl methyl sites for hydroxylation is 1. The van der Waals surface area contributed by atoms with E-state index in [-0.39, 0.29) is 12.3 Å². The summed E-state index contributed by atoms with van der Waals surface area (Å²) in [7, 11) is 0. The lowest BCUT2D eigenvalue weighted by Crippen LogP contribution is -2.27. The van der Waals surface area contributed by atoms with Gasteiger partial charge in [-0.05, 0) is 25.0 Å². The first-order valence-corrected chi connectivity index (χ1v) is 6.96. The fraction of sp³-hybridized carbons (Fsp3) is 0.250. The fourth-order valence-electron chi connectivity index (χ4n) is 2.40. The third-order valence-electron chi connectivity index (χ3n) is 3.41. The van der Waals surface area contributed by atoms with Gasteiger partial charge in [0.15, 0.2) is 0 Å². The minimum Gasteiger partial charge on any atom is -0.361 e. The van der Waals surface area contributed by atoms with Crippen molar-refractivity contribution >= 4 is 16.8 Å². The monoisotopic (exact) mass is 283 g/mol. The van der Waals surface area contributed by atoms with E-state index in [0.717, 1.165) is 17.7 Å². The van der Waals surface area contributed by atoms with E-state index in [1.165, 1.54) is 10.9 Å². The molecule has 1 aromatic carbocycles. The van der Waals surface area contributed by atoms with Gasteiger partial charge in [0, 0.05) is 29.7 Å². The molecule has 0 aliphatic heterocycles. The first-order valence-electron chi connectivity index (χ1n) is 6.96. The third kappa shape index (κ3) is 3.13. The molecule has 21 heavy (non-hydrogen) atoms. The zero-order valence-electron chi connectivity index (χ0n) is 11.8. The van der Waals surface area contributed by atoms with Gasteiger partial charge in [0.05, 0.1) is 12.1 Å². The van der Waals surface area contributed by atoms with E-state index < -0.39 is 0 Å². The first kappa shape index (κ1) is 13.4. The van der Waals surface area contributed by atoms with E-state index in [0.29, 0.717) is 12.2 Å². The van der Waals surface area contributed by atoms with E-state index >= 15 is 0 Å². The highest BCUT2D eigenvalue weighted by molar-refractivity contribution is 5.83. The van der Waals surface area contributed by atoms with Gasteiger partial charge in [-0.15, -0.1) is 0 Å². The Hall–Kier alpha value is -2.56. The predicted octanol–water partition coefficient (Wildman–Crippen LogP) is 2.37. The normalized spacial score (nSPS) is 10.9. The third-order valence-corrected chi connectivity index (χ3v) is 3.41. The number of nitrogens with one attached hydrogen (secondary N) is 2. The van der Waals surface area contributed by atoms with Crippen molar-refractivity contribution < 1.29 is 9.32 Å². The van der Waals surface area contributed by atoms with Gasteiger partial charge >= 0.3 is 0 Å². The van der Waals surface area contributed by atoms with Crippen LogP contribution in [0.15, 0.2) is 41.1 Å². The Morgan fingerprint density at radius 3 is 3.05 bits per heavy atom. The number of rotatable bonds is 5. The molecule has 0 aliphatic carbocycles. The number of aromatic amines is 1. The second-order valence-corrected chi connectivity index (χ2v) is 5.07. The molecule has 0 atom stereocenters. The maximum atomic E-state index is 11.8. The Balaban J connectivity index is 1.53. The maximum absolute atomic E-state index is 11.8. The Morgan fingerprint density at radius 2 is 2.24 bits per heavy atom. The molecule has 0 spiro atoms. The lowest BCUT2D eigenvalue weighted by molar-refractivity contribution is -0.120. The number of carbonyl (C=O) groups is 1. The number of benzene rings is 1. The van der Waals surface area contributed by atoms with Crippen molar-refractivity contribution in [2.45, 2.75) is 19.8 Å². The molecular formula is C16H17N3O2. The molecule has 3 rings (SSSR count). The van der Waals surface area contributed by atoms with E-state index in [2.05, 4.69) is 21.5 Å². The topological polar surface area (TPSA) is 70.9 Å². The molecule has 0 aliphatic rings. The van der Waals surface area contributed by atoms with Crippen LogP contribution in [0.25, 0.3) is 10.9 Å². The molecule has 0 saturated heterocycles. The smallest absolute Gasteiger partial charge is 0.226 e. The lowest BCUT2D eigenvalue weighted by atomic mass is 10.1. The summed E-state index contributed by atoms with van der Waals surface area (Å²) in [6, 6.07) is 9.93. The van der Waals surface area contributed by atoms with Crippen LogP contribution in [0, 0.1) is 6.92 Å². The summed E-state index contributed by atoms with van der Waals surface area (Å²) in [6.45, 7) is 2.42. The zero-order valence-corrected chi connectivity index (χ0v) is 11.8. The zero-order chi connectivity index (χ0) is 14.7. The highest BCUT2D eigenvalue weighted by atomic mass is 16.5. The molecule has 0 radical (unpaired) electrons. The molecule has 0 bridgehead atoms. The minimum atomic E-state index is -0.0388. The molecular weight excluding hydrogens is 266 g/mol.